The standard InChI is InChI=1S/C28H37.C12H7Si.2ClH.Zr/c1-17(2)11-21-12-22-9-10-26(20(7)8)28(27(22)13-21)25-15-23(18(3)4)14-24(16-25)19(5)6;1-3-7-11-9(5-1)10-6-2-4-8-12(10)13-11;;;/h9-10,12-20H,11H2,1-8H3;1-7H;2*1H;/q2*-1;;;+4/p-2. The number of benzene rings is 4. The van der Waals surface area contributed by atoms with Crippen molar-refractivity contribution >= 4 is 47.7 Å². The maximum absolute atomic E-state index is 4.93. The molecule has 5 aromatic carbocycles. The Morgan fingerprint density at radius 2 is 1.39 bits per heavy atom. The maximum atomic E-state index is 4.93. The van der Waals surface area contributed by atoms with Crippen LogP contribution < -0.4 is 10.4 Å². The van der Waals surface area contributed by atoms with Crippen LogP contribution in [-0.4, -0.2) is 9.52 Å². The van der Waals surface area contributed by atoms with Gasteiger partial charge in [-0.25, -0.2) is 0 Å². The van der Waals surface area contributed by atoms with Crippen LogP contribution in [0.15, 0.2) is 84.9 Å². The van der Waals surface area contributed by atoms with Gasteiger partial charge in [-0.3, -0.25) is 0 Å². The molecule has 44 heavy (non-hydrogen) atoms. The second-order valence-electron chi connectivity index (χ2n) is 13.0. The first-order valence-electron chi connectivity index (χ1n) is 15.7. The molecule has 5 aromatic rings. The van der Waals surface area contributed by atoms with Crippen LogP contribution in [0.2, 0.25) is 0 Å². The fraction of sp³-hybridized carbons (Fsp3) is 0.325. The Labute approximate surface area is 287 Å². The van der Waals surface area contributed by atoms with E-state index >= 15 is 0 Å². The Morgan fingerprint density at radius 3 is 2.00 bits per heavy atom. The van der Waals surface area contributed by atoms with Crippen LogP contribution in [0.1, 0.15) is 95.4 Å². The third-order valence-electron chi connectivity index (χ3n) is 8.18. The first kappa shape index (κ1) is 35.0. The minimum Gasteiger partial charge on any atom is -0.184 e. The number of halogens is 2. The molecule has 0 fully saturated rings. The average molecular weight is 715 g/mol. The van der Waals surface area contributed by atoms with Crippen LogP contribution in [0.25, 0.3) is 33.0 Å². The third kappa shape index (κ3) is 8.50. The van der Waals surface area contributed by atoms with Gasteiger partial charge in [-0.05, 0) is 46.8 Å². The number of hydrogen-bond acceptors (Lipinski definition) is 0. The molecule has 0 aromatic heterocycles. The molecule has 0 amide bonds. The molecular weight excluding hydrogens is 671 g/mol. The van der Waals surface area contributed by atoms with Gasteiger partial charge in [-0.2, -0.15) is 35.5 Å². The van der Waals surface area contributed by atoms with Gasteiger partial charge in [0.05, 0.1) is 9.52 Å². The summed E-state index contributed by atoms with van der Waals surface area (Å²) in [5.41, 5.74) is 11.4. The molecule has 1 aliphatic rings. The van der Waals surface area contributed by atoms with E-state index in [9.17, 15) is 0 Å². The second-order valence-corrected chi connectivity index (χ2v) is 18.1. The molecule has 6 rings (SSSR count). The van der Waals surface area contributed by atoms with E-state index in [-0.39, 0.29) is 0 Å². The monoisotopic (exact) mass is 712 g/mol. The van der Waals surface area contributed by atoms with Gasteiger partial charge in [0.2, 0.25) is 0 Å². The van der Waals surface area contributed by atoms with Gasteiger partial charge in [0.15, 0.2) is 0 Å². The van der Waals surface area contributed by atoms with E-state index in [0.29, 0.717) is 23.7 Å². The number of fused-ring (bicyclic) bond motifs is 4. The molecule has 0 bridgehead atoms. The van der Waals surface area contributed by atoms with Gasteiger partial charge in [0, 0.05) is 0 Å². The van der Waals surface area contributed by atoms with E-state index in [4.69, 9.17) is 17.0 Å². The fourth-order valence-corrected chi connectivity index (χ4v) is 7.28. The predicted octanol–water partition coefficient (Wildman–Crippen LogP) is 11.3. The van der Waals surface area contributed by atoms with Crippen molar-refractivity contribution in [2.24, 2.45) is 5.92 Å². The van der Waals surface area contributed by atoms with Crippen molar-refractivity contribution in [3.8, 4) is 22.3 Å². The summed E-state index contributed by atoms with van der Waals surface area (Å²) >= 11 is -0.826. The Morgan fingerprint density at radius 1 is 0.750 bits per heavy atom. The topological polar surface area (TPSA) is 0 Å². The number of rotatable bonds is 6. The molecule has 0 unspecified atom stereocenters. The molecule has 1 heterocycles. The summed E-state index contributed by atoms with van der Waals surface area (Å²) < 4.78 is 0. The largest absolute Gasteiger partial charge is 0.184 e. The van der Waals surface area contributed by atoms with E-state index in [2.05, 4.69) is 140 Å². The molecule has 0 N–H and O–H groups in total. The third-order valence-corrected chi connectivity index (χ3v) is 9.55. The Hall–Kier alpha value is -1.83. The number of hydrogen-bond donors (Lipinski definition) is 0. The second kappa shape index (κ2) is 16.1. The Balaban J connectivity index is 0.000000226. The van der Waals surface area contributed by atoms with E-state index in [1.165, 1.54) is 65.7 Å². The van der Waals surface area contributed by atoms with Gasteiger partial charge in [-0.15, -0.1) is 40.1 Å². The van der Waals surface area contributed by atoms with Gasteiger partial charge in [-0.1, -0.05) is 120 Å². The van der Waals surface area contributed by atoms with Crippen molar-refractivity contribution in [2.75, 3.05) is 0 Å². The zero-order valence-corrected chi connectivity index (χ0v) is 32.3. The summed E-state index contributed by atoms with van der Waals surface area (Å²) in [6.45, 7) is 18.5. The van der Waals surface area contributed by atoms with Crippen LogP contribution in [0, 0.1) is 12.0 Å². The summed E-state index contributed by atoms with van der Waals surface area (Å²) in [4.78, 5) is 0. The zero-order valence-electron chi connectivity index (χ0n) is 27.4. The molecule has 0 nitrogen and oxygen atoms in total. The van der Waals surface area contributed by atoms with Crippen molar-refractivity contribution in [3.05, 3.63) is 113 Å². The molecule has 0 aliphatic carbocycles. The summed E-state index contributed by atoms with van der Waals surface area (Å²) in [5, 5.41) is 5.64. The zero-order chi connectivity index (χ0) is 32.0. The van der Waals surface area contributed by atoms with Crippen LogP contribution in [-0.2, 0) is 27.3 Å². The average Bonchev–Trinajstić information content (AvgIpc) is 3.57. The molecule has 0 spiro atoms. The van der Waals surface area contributed by atoms with E-state index < -0.39 is 20.8 Å². The Kier molecular flexibility index (Phi) is 12.8. The van der Waals surface area contributed by atoms with Crippen molar-refractivity contribution in [1.82, 2.24) is 0 Å². The first-order chi connectivity index (χ1) is 21.0. The molecule has 1 aliphatic heterocycles. The summed E-state index contributed by atoms with van der Waals surface area (Å²) in [7, 11) is 10.7. The van der Waals surface area contributed by atoms with Crippen molar-refractivity contribution in [2.45, 2.75) is 79.6 Å². The van der Waals surface area contributed by atoms with Gasteiger partial charge >= 0.3 is 37.9 Å². The molecule has 0 saturated carbocycles. The molecule has 2 radical (unpaired) electrons. The van der Waals surface area contributed by atoms with Crippen LogP contribution in [0.4, 0.5) is 0 Å². The van der Waals surface area contributed by atoms with Crippen LogP contribution in [0.5, 0.6) is 0 Å². The normalized spacial score (nSPS) is 11.7. The summed E-state index contributed by atoms with van der Waals surface area (Å²) in [6.07, 6.45) is 1.15. The minimum absolute atomic E-state index is 0.507. The molecule has 4 heteroatoms. The quantitative estimate of drug-likeness (QED) is 0.119. The van der Waals surface area contributed by atoms with Crippen LogP contribution >= 0.6 is 17.0 Å². The molecule has 0 saturated heterocycles. The fourth-order valence-electron chi connectivity index (χ4n) is 5.97. The smallest absolute Gasteiger partial charge is 0.0920 e. The van der Waals surface area contributed by atoms with E-state index in [1.807, 2.05) is 6.07 Å². The molecule has 0 atom stereocenters. The van der Waals surface area contributed by atoms with Gasteiger partial charge < -0.3 is 0 Å². The summed E-state index contributed by atoms with van der Waals surface area (Å²) in [5.74, 6) is 2.26. The van der Waals surface area contributed by atoms with E-state index in [1.54, 1.807) is 0 Å². The van der Waals surface area contributed by atoms with E-state index in [0.717, 1.165) is 15.9 Å². The first-order valence-corrected chi connectivity index (χ1v) is 23.1. The predicted molar refractivity (Wildman–Crippen MR) is 193 cm³/mol. The molecule has 226 valence electrons. The van der Waals surface area contributed by atoms with Crippen molar-refractivity contribution in [3.63, 3.8) is 0 Å². The SMILES string of the molecule is CC(C)Cc1cc2c(-c3cc(C(C)C)cc(C(C)C)c3)c(C(C)C)ccc2[cH-]1.[Cl][Zr+2][Cl].[c-]1cccc2c1[Si]c1ccccc1-2. The van der Waals surface area contributed by atoms with Crippen LogP contribution in [0.3, 0.4) is 0 Å². The summed E-state index contributed by atoms with van der Waals surface area (Å²) in [6, 6.07) is 35.0. The minimum atomic E-state index is -0.826. The van der Waals surface area contributed by atoms with Crippen molar-refractivity contribution in [1.29, 1.82) is 0 Å². The maximum Gasteiger partial charge on any atom is 0.0920 e. The van der Waals surface area contributed by atoms with Crippen molar-refractivity contribution < 1.29 is 20.8 Å². The van der Waals surface area contributed by atoms with Gasteiger partial charge in [0.1, 0.15) is 0 Å². The Bertz CT molecular complexity index is 1610. The molecular formula is C40H44Cl2SiZr. The van der Waals surface area contributed by atoms with Gasteiger partial charge in [0.25, 0.3) is 0 Å².